The molecular formula is C18H32N2O4S. The first-order valence-corrected chi connectivity index (χ1v) is 11.4. The molecule has 0 aliphatic heterocycles. The highest BCUT2D eigenvalue weighted by molar-refractivity contribution is 7.89. The summed E-state index contributed by atoms with van der Waals surface area (Å²) >= 11 is 0. The molecule has 0 radical (unpaired) electrons. The van der Waals surface area contributed by atoms with Crippen molar-refractivity contribution >= 4 is 16.0 Å². The summed E-state index contributed by atoms with van der Waals surface area (Å²) in [6.45, 7) is 3.01. The zero-order valence-electron chi connectivity index (χ0n) is 15.2. The Bertz CT molecular complexity index is 576. The number of rotatable bonds is 9. The van der Waals surface area contributed by atoms with Crippen LogP contribution in [0.4, 0.5) is 0 Å². The van der Waals surface area contributed by atoms with Gasteiger partial charge in [-0.2, -0.15) is 0 Å². The van der Waals surface area contributed by atoms with Gasteiger partial charge in [0.25, 0.3) is 0 Å². The molecule has 3 aliphatic rings. The molecule has 0 spiro atoms. The molecule has 0 unspecified atom stereocenters. The number of nitrogens with zero attached hydrogens (tertiary/aromatic N) is 1. The topological polar surface area (TPSA) is 86.7 Å². The van der Waals surface area contributed by atoms with Gasteiger partial charge in [-0.15, -0.1) is 0 Å². The van der Waals surface area contributed by atoms with E-state index < -0.39 is 16.0 Å². The third-order valence-corrected chi connectivity index (χ3v) is 7.87. The maximum Gasteiger partial charge on any atom is 0.317 e. The minimum absolute atomic E-state index is 0.0299. The SMILES string of the molecule is CC1(CS(=O)(=O)NC2CC(N(CC(=O)O)CC3CC3)C2)CCCCC1. The van der Waals surface area contributed by atoms with Crippen LogP contribution in [0.1, 0.15) is 64.7 Å². The first-order chi connectivity index (χ1) is 11.7. The van der Waals surface area contributed by atoms with Gasteiger partial charge >= 0.3 is 5.97 Å². The summed E-state index contributed by atoms with van der Waals surface area (Å²) in [6, 6.07) is 0.173. The summed E-state index contributed by atoms with van der Waals surface area (Å²) in [5, 5.41) is 9.10. The normalized spacial score (nSPS) is 29.4. The van der Waals surface area contributed by atoms with Crippen molar-refractivity contribution in [3.8, 4) is 0 Å². The standard InChI is InChI=1S/C18H32N2O4S/c1-18(7-3-2-4-8-18)13-25(23,24)19-15-9-16(10-15)20(12-17(21)22)11-14-5-6-14/h14-16,19H,2-13H2,1H3,(H,21,22). The molecular weight excluding hydrogens is 340 g/mol. The summed E-state index contributed by atoms with van der Waals surface area (Å²) in [7, 11) is -3.27. The highest BCUT2D eigenvalue weighted by atomic mass is 32.2. The summed E-state index contributed by atoms with van der Waals surface area (Å²) in [4.78, 5) is 13.1. The van der Waals surface area contributed by atoms with Gasteiger partial charge in [0.15, 0.2) is 0 Å². The van der Waals surface area contributed by atoms with Gasteiger partial charge in [-0.1, -0.05) is 26.2 Å². The van der Waals surface area contributed by atoms with Crippen molar-refractivity contribution in [3.63, 3.8) is 0 Å². The fourth-order valence-electron chi connectivity index (χ4n) is 4.43. The van der Waals surface area contributed by atoms with Crippen LogP contribution in [0.5, 0.6) is 0 Å². The van der Waals surface area contributed by atoms with Gasteiger partial charge < -0.3 is 5.11 Å². The highest BCUT2D eigenvalue weighted by Gasteiger charge is 2.40. The molecule has 0 aromatic carbocycles. The maximum atomic E-state index is 12.5. The average molecular weight is 373 g/mol. The number of hydrogen-bond donors (Lipinski definition) is 2. The zero-order chi connectivity index (χ0) is 18.1. The molecule has 3 aliphatic carbocycles. The van der Waals surface area contributed by atoms with Crippen LogP contribution in [0, 0.1) is 11.3 Å². The second-order valence-electron chi connectivity index (χ2n) is 8.84. The molecule has 0 heterocycles. The van der Waals surface area contributed by atoms with Crippen molar-refractivity contribution in [1.82, 2.24) is 9.62 Å². The quantitative estimate of drug-likeness (QED) is 0.648. The molecule has 7 heteroatoms. The van der Waals surface area contributed by atoms with Crippen LogP contribution in [0.3, 0.4) is 0 Å². The molecule has 6 nitrogen and oxygen atoms in total. The van der Waals surface area contributed by atoms with E-state index in [4.69, 9.17) is 5.11 Å². The Balaban J connectivity index is 1.47. The molecule has 25 heavy (non-hydrogen) atoms. The Morgan fingerprint density at radius 1 is 1.20 bits per heavy atom. The molecule has 3 fully saturated rings. The van der Waals surface area contributed by atoms with Gasteiger partial charge in [-0.05, 0) is 49.9 Å². The third-order valence-electron chi connectivity index (χ3n) is 6.10. The predicted molar refractivity (Wildman–Crippen MR) is 96.9 cm³/mol. The van der Waals surface area contributed by atoms with Gasteiger partial charge in [0.1, 0.15) is 0 Å². The van der Waals surface area contributed by atoms with E-state index in [1.165, 1.54) is 19.3 Å². The predicted octanol–water partition coefficient (Wildman–Crippen LogP) is 2.20. The van der Waals surface area contributed by atoms with Gasteiger partial charge in [0.05, 0.1) is 12.3 Å². The second kappa shape index (κ2) is 7.53. The van der Waals surface area contributed by atoms with Crippen molar-refractivity contribution in [2.45, 2.75) is 76.8 Å². The minimum Gasteiger partial charge on any atom is -0.480 e. The zero-order valence-corrected chi connectivity index (χ0v) is 16.1. The highest BCUT2D eigenvalue weighted by Crippen LogP contribution is 2.37. The molecule has 0 saturated heterocycles. The number of carboxylic acids is 1. The molecule has 0 aromatic heterocycles. The molecule has 3 saturated carbocycles. The first-order valence-electron chi connectivity index (χ1n) is 9.71. The Hall–Kier alpha value is -0.660. The summed E-state index contributed by atoms with van der Waals surface area (Å²) < 4.78 is 27.9. The van der Waals surface area contributed by atoms with Crippen LogP contribution < -0.4 is 4.72 Å². The van der Waals surface area contributed by atoms with E-state index in [0.29, 0.717) is 5.92 Å². The average Bonchev–Trinajstić information content (AvgIpc) is 3.25. The maximum absolute atomic E-state index is 12.5. The lowest BCUT2D eigenvalue weighted by Gasteiger charge is -2.43. The number of sulfonamides is 1. The summed E-state index contributed by atoms with van der Waals surface area (Å²) in [6.07, 6.45) is 9.31. The number of nitrogens with one attached hydrogen (secondary N) is 1. The third kappa shape index (κ3) is 5.66. The van der Waals surface area contributed by atoms with E-state index in [1.54, 1.807) is 0 Å². The number of aliphatic carboxylic acids is 1. The van der Waals surface area contributed by atoms with E-state index in [0.717, 1.165) is 45.1 Å². The van der Waals surface area contributed by atoms with Crippen molar-refractivity contribution < 1.29 is 18.3 Å². The molecule has 0 atom stereocenters. The van der Waals surface area contributed by atoms with Crippen molar-refractivity contribution in [2.24, 2.45) is 11.3 Å². The summed E-state index contributed by atoms with van der Waals surface area (Å²) in [5.41, 5.74) is -0.0887. The molecule has 0 bridgehead atoms. The Labute approximate surface area is 151 Å². The Morgan fingerprint density at radius 2 is 1.84 bits per heavy atom. The number of carboxylic acid groups (broad SMARTS) is 1. The van der Waals surface area contributed by atoms with Crippen LogP contribution in [0.15, 0.2) is 0 Å². The van der Waals surface area contributed by atoms with E-state index in [-0.39, 0.29) is 29.8 Å². The van der Waals surface area contributed by atoms with Gasteiger partial charge in [-0.25, -0.2) is 13.1 Å². The van der Waals surface area contributed by atoms with Gasteiger partial charge in [-0.3, -0.25) is 9.69 Å². The smallest absolute Gasteiger partial charge is 0.317 e. The monoisotopic (exact) mass is 372 g/mol. The molecule has 144 valence electrons. The Kier molecular flexibility index (Phi) is 5.75. The first kappa shape index (κ1) is 19.1. The lowest BCUT2D eigenvalue weighted by atomic mass is 9.77. The molecule has 0 aromatic rings. The van der Waals surface area contributed by atoms with E-state index >= 15 is 0 Å². The molecule has 0 amide bonds. The van der Waals surface area contributed by atoms with Crippen molar-refractivity contribution in [1.29, 1.82) is 0 Å². The van der Waals surface area contributed by atoms with Crippen LogP contribution in [0.2, 0.25) is 0 Å². The van der Waals surface area contributed by atoms with E-state index in [1.807, 2.05) is 4.90 Å². The minimum atomic E-state index is -3.27. The molecule has 2 N–H and O–H groups in total. The number of carbonyl (C=O) groups is 1. The lowest BCUT2D eigenvalue weighted by Crippen LogP contribution is -2.56. The summed E-state index contributed by atoms with van der Waals surface area (Å²) in [5.74, 6) is 0.0680. The van der Waals surface area contributed by atoms with Gasteiger partial charge in [0.2, 0.25) is 10.0 Å². The largest absolute Gasteiger partial charge is 0.480 e. The van der Waals surface area contributed by atoms with E-state index in [2.05, 4.69) is 11.6 Å². The lowest BCUT2D eigenvalue weighted by molar-refractivity contribution is -0.139. The Morgan fingerprint density at radius 3 is 2.40 bits per heavy atom. The van der Waals surface area contributed by atoms with Crippen LogP contribution in [0.25, 0.3) is 0 Å². The molecule has 3 rings (SSSR count). The fraction of sp³-hybridized carbons (Fsp3) is 0.944. The van der Waals surface area contributed by atoms with Gasteiger partial charge in [0, 0.05) is 18.6 Å². The van der Waals surface area contributed by atoms with Crippen molar-refractivity contribution in [2.75, 3.05) is 18.8 Å². The fourth-order valence-corrected chi connectivity index (χ4v) is 6.42. The van der Waals surface area contributed by atoms with Crippen molar-refractivity contribution in [3.05, 3.63) is 0 Å². The second-order valence-corrected chi connectivity index (χ2v) is 10.6. The van der Waals surface area contributed by atoms with Crippen LogP contribution in [-0.4, -0.2) is 55.3 Å². The van der Waals surface area contributed by atoms with Crippen LogP contribution >= 0.6 is 0 Å². The van der Waals surface area contributed by atoms with Crippen LogP contribution in [-0.2, 0) is 14.8 Å². The van der Waals surface area contributed by atoms with E-state index in [9.17, 15) is 13.2 Å². The number of hydrogen-bond acceptors (Lipinski definition) is 4.